The Morgan fingerprint density at radius 1 is 1.27 bits per heavy atom. The molecule has 0 bridgehead atoms. The lowest BCUT2D eigenvalue weighted by molar-refractivity contribution is -0.142. The number of carbonyl (C=O) groups excluding carboxylic acids is 1. The monoisotopic (exact) mass is 434 g/mol. The summed E-state index contributed by atoms with van der Waals surface area (Å²) in [5, 5.41) is 9.91. The predicted molar refractivity (Wildman–Crippen MR) is 105 cm³/mol. The quantitative estimate of drug-likeness (QED) is 0.490. The Bertz CT molecular complexity index is 1230. The molecule has 0 unspecified atom stereocenters. The third-order valence-corrected chi connectivity index (χ3v) is 5.47. The minimum Gasteiger partial charge on any atom is -0.336 e. The highest BCUT2D eigenvalue weighted by Crippen LogP contribution is 2.33. The van der Waals surface area contributed by atoms with E-state index in [2.05, 4.69) is 15.2 Å². The van der Waals surface area contributed by atoms with Crippen LogP contribution in [0.5, 0.6) is 0 Å². The molecule has 0 spiro atoms. The number of nitrogens with zero attached hydrogens (tertiary/aromatic N) is 6. The lowest BCUT2D eigenvalue weighted by atomic mass is 10.2. The number of amides is 1. The molecule has 0 aliphatic heterocycles. The number of carbonyl (C=O) groups is 1. The van der Waals surface area contributed by atoms with Crippen molar-refractivity contribution >= 4 is 22.9 Å². The standard InChI is InChI=1S/C19H17F3N6OS/c1-11-12(10-27(3)24-11)9-26(2)18(29)14-8-17-23-13(15-5-4-6-30-15)7-16(19(20,21)22)28(17)25-14/h4-8,10H,9H2,1-3H3. The van der Waals surface area contributed by atoms with Crippen LogP contribution in [-0.2, 0) is 19.8 Å². The van der Waals surface area contributed by atoms with Gasteiger partial charge in [-0.25, -0.2) is 9.50 Å². The minimum absolute atomic E-state index is 0.0393. The molecular formula is C19H17F3N6OS. The van der Waals surface area contributed by atoms with Gasteiger partial charge in [0.05, 0.1) is 16.3 Å². The van der Waals surface area contributed by atoms with Gasteiger partial charge in [-0.05, 0) is 24.4 Å². The van der Waals surface area contributed by atoms with Gasteiger partial charge in [0.15, 0.2) is 17.0 Å². The summed E-state index contributed by atoms with van der Waals surface area (Å²) < 4.78 is 43.3. The molecule has 0 radical (unpaired) electrons. The maximum absolute atomic E-state index is 13.7. The van der Waals surface area contributed by atoms with E-state index in [-0.39, 0.29) is 23.6 Å². The van der Waals surface area contributed by atoms with Crippen molar-refractivity contribution in [3.05, 3.63) is 58.5 Å². The van der Waals surface area contributed by atoms with Crippen LogP contribution in [0.3, 0.4) is 0 Å². The first-order valence-electron chi connectivity index (χ1n) is 8.90. The Balaban J connectivity index is 1.73. The fourth-order valence-electron chi connectivity index (χ4n) is 3.16. The van der Waals surface area contributed by atoms with E-state index >= 15 is 0 Å². The first kappa shape index (κ1) is 20.1. The summed E-state index contributed by atoms with van der Waals surface area (Å²) in [6, 6.07) is 5.65. The van der Waals surface area contributed by atoms with Gasteiger partial charge in [-0.15, -0.1) is 11.3 Å². The van der Waals surface area contributed by atoms with Gasteiger partial charge in [0.25, 0.3) is 5.91 Å². The highest BCUT2D eigenvalue weighted by Gasteiger charge is 2.36. The van der Waals surface area contributed by atoms with Gasteiger partial charge in [0.2, 0.25) is 0 Å². The minimum atomic E-state index is -4.65. The predicted octanol–water partition coefficient (Wildman–Crippen LogP) is 3.79. The zero-order valence-corrected chi connectivity index (χ0v) is 17.1. The Kier molecular flexibility index (Phi) is 4.85. The van der Waals surface area contributed by atoms with Gasteiger partial charge < -0.3 is 4.90 Å². The molecule has 11 heteroatoms. The molecule has 4 aromatic heterocycles. The van der Waals surface area contributed by atoms with E-state index < -0.39 is 17.8 Å². The zero-order valence-electron chi connectivity index (χ0n) is 16.3. The SMILES string of the molecule is Cc1nn(C)cc1CN(C)C(=O)c1cc2nc(-c3cccs3)cc(C(F)(F)F)n2n1. The van der Waals surface area contributed by atoms with Gasteiger partial charge in [0, 0.05) is 38.5 Å². The second kappa shape index (κ2) is 7.24. The Labute approximate surface area is 173 Å². The molecule has 4 aromatic rings. The fourth-order valence-corrected chi connectivity index (χ4v) is 3.84. The average Bonchev–Trinajstić information content (AvgIpc) is 3.39. The number of aryl methyl sites for hydroxylation is 2. The van der Waals surface area contributed by atoms with Gasteiger partial charge >= 0.3 is 6.18 Å². The smallest absolute Gasteiger partial charge is 0.336 e. The number of rotatable bonds is 4. The van der Waals surface area contributed by atoms with E-state index in [1.54, 1.807) is 42.5 Å². The molecule has 156 valence electrons. The summed E-state index contributed by atoms with van der Waals surface area (Å²) in [5.74, 6) is -0.505. The van der Waals surface area contributed by atoms with Crippen LogP contribution >= 0.6 is 11.3 Å². The van der Waals surface area contributed by atoms with E-state index in [4.69, 9.17) is 0 Å². The molecule has 7 nitrogen and oxygen atoms in total. The van der Waals surface area contributed by atoms with Crippen molar-refractivity contribution in [2.75, 3.05) is 7.05 Å². The van der Waals surface area contributed by atoms with Crippen LogP contribution in [0.1, 0.15) is 27.4 Å². The number of alkyl halides is 3. The van der Waals surface area contributed by atoms with Crippen LogP contribution in [-0.4, -0.2) is 42.2 Å². The third-order valence-electron chi connectivity index (χ3n) is 4.58. The van der Waals surface area contributed by atoms with E-state index in [1.165, 1.54) is 22.3 Å². The van der Waals surface area contributed by atoms with Gasteiger partial charge in [-0.2, -0.15) is 23.4 Å². The van der Waals surface area contributed by atoms with E-state index in [0.29, 0.717) is 9.39 Å². The van der Waals surface area contributed by atoms with Crippen LogP contribution in [0.15, 0.2) is 35.8 Å². The van der Waals surface area contributed by atoms with E-state index in [1.807, 2.05) is 6.92 Å². The van der Waals surface area contributed by atoms with Crippen LogP contribution in [0.25, 0.3) is 16.2 Å². The van der Waals surface area contributed by atoms with Gasteiger partial charge in [-0.1, -0.05) is 6.07 Å². The Morgan fingerprint density at radius 3 is 2.63 bits per heavy atom. The molecule has 4 heterocycles. The summed E-state index contributed by atoms with van der Waals surface area (Å²) >= 11 is 1.28. The van der Waals surface area contributed by atoms with E-state index in [9.17, 15) is 18.0 Å². The molecule has 0 fully saturated rings. The zero-order chi connectivity index (χ0) is 21.6. The molecule has 0 aliphatic rings. The number of fused-ring (bicyclic) bond motifs is 1. The van der Waals surface area contributed by atoms with Gasteiger partial charge in [0.1, 0.15) is 0 Å². The molecule has 30 heavy (non-hydrogen) atoms. The van der Waals surface area contributed by atoms with Crippen LogP contribution in [0.4, 0.5) is 13.2 Å². The Hall–Kier alpha value is -3.21. The number of halogens is 3. The van der Waals surface area contributed by atoms with Crippen molar-refractivity contribution in [1.82, 2.24) is 29.3 Å². The lowest BCUT2D eigenvalue weighted by Crippen LogP contribution is -2.27. The topological polar surface area (TPSA) is 68.3 Å². The molecular weight excluding hydrogens is 417 g/mol. The number of hydrogen-bond acceptors (Lipinski definition) is 5. The molecule has 0 aliphatic carbocycles. The molecule has 4 rings (SSSR count). The summed E-state index contributed by atoms with van der Waals surface area (Å²) in [7, 11) is 3.34. The lowest BCUT2D eigenvalue weighted by Gasteiger charge is -2.15. The molecule has 0 atom stereocenters. The van der Waals surface area contributed by atoms with Crippen LogP contribution < -0.4 is 0 Å². The van der Waals surface area contributed by atoms with Crippen molar-refractivity contribution in [2.45, 2.75) is 19.6 Å². The van der Waals surface area contributed by atoms with Crippen LogP contribution in [0.2, 0.25) is 0 Å². The normalized spacial score (nSPS) is 11.9. The summed E-state index contributed by atoms with van der Waals surface area (Å²) in [6.45, 7) is 2.08. The van der Waals surface area contributed by atoms with Crippen molar-refractivity contribution in [2.24, 2.45) is 7.05 Å². The number of thiophene rings is 1. The van der Waals surface area contributed by atoms with Crippen molar-refractivity contribution in [1.29, 1.82) is 0 Å². The largest absolute Gasteiger partial charge is 0.433 e. The second-order valence-corrected chi connectivity index (χ2v) is 7.82. The first-order valence-corrected chi connectivity index (χ1v) is 9.78. The molecule has 1 amide bonds. The highest BCUT2D eigenvalue weighted by molar-refractivity contribution is 7.13. The highest BCUT2D eigenvalue weighted by atomic mass is 32.1. The fraction of sp³-hybridized carbons (Fsp3) is 0.263. The third kappa shape index (κ3) is 3.67. The van der Waals surface area contributed by atoms with E-state index in [0.717, 1.165) is 17.3 Å². The Morgan fingerprint density at radius 2 is 2.03 bits per heavy atom. The number of aromatic nitrogens is 5. The molecule has 0 aromatic carbocycles. The average molecular weight is 434 g/mol. The maximum atomic E-state index is 13.7. The maximum Gasteiger partial charge on any atom is 0.433 e. The summed E-state index contributed by atoms with van der Waals surface area (Å²) in [6.07, 6.45) is -2.86. The van der Waals surface area contributed by atoms with Crippen molar-refractivity contribution in [3.63, 3.8) is 0 Å². The summed E-state index contributed by atoms with van der Waals surface area (Å²) in [4.78, 5) is 19.1. The van der Waals surface area contributed by atoms with Crippen molar-refractivity contribution in [3.8, 4) is 10.6 Å². The van der Waals surface area contributed by atoms with Gasteiger partial charge in [-0.3, -0.25) is 9.48 Å². The van der Waals surface area contributed by atoms with Crippen LogP contribution in [0, 0.1) is 6.92 Å². The second-order valence-electron chi connectivity index (χ2n) is 6.88. The first-order chi connectivity index (χ1) is 14.1. The molecule has 0 saturated carbocycles. The summed E-state index contributed by atoms with van der Waals surface area (Å²) in [5.41, 5.74) is 0.659. The van der Waals surface area contributed by atoms with Crippen molar-refractivity contribution < 1.29 is 18.0 Å². The molecule has 0 saturated heterocycles. The molecule has 0 N–H and O–H groups in total. The number of hydrogen-bond donors (Lipinski definition) is 0.